The minimum atomic E-state index is -0.214. The topological polar surface area (TPSA) is 45.5 Å². The van der Waals surface area contributed by atoms with E-state index in [1.54, 1.807) is 0 Å². The van der Waals surface area contributed by atoms with Gasteiger partial charge in [-0.2, -0.15) is 5.26 Å². The van der Waals surface area contributed by atoms with Crippen molar-refractivity contribution in [2.24, 2.45) is 0 Å². The van der Waals surface area contributed by atoms with Crippen LogP contribution in [0.25, 0.3) is 0 Å². The highest BCUT2D eigenvalue weighted by Gasteiger charge is 2.22. The molecule has 0 saturated carbocycles. The average Bonchev–Trinajstić information content (AvgIpc) is 2.87. The first kappa shape index (κ1) is 13.7. The van der Waals surface area contributed by atoms with Gasteiger partial charge >= 0.3 is 0 Å². The standard InChI is InChI=1S/C15H20N2O2/c1-3-7-17(8-4-2)13(10-16)12-5-6-14-15(9-12)19-11-18-14/h5-6,9,13H,3-4,7-8,11H2,1-2H3. The van der Waals surface area contributed by atoms with Crippen LogP contribution in [0.2, 0.25) is 0 Å². The number of benzene rings is 1. The van der Waals surface area contributed by atoms with Gasteiger partial charge in [-0.05, 0) is 43.6 Å². The molecular weight excluding hydrogens is 240 g/mol. The fraction of sp³-hybridized carbons (Fsp3) is 0.533. The zero-order valence-electron chi connectivity index (χ0n) is 11.6. The van der Waals surface area contributed by atoms with Crippen molar-refractivity contribution in [3.8, 4) is 17.6 Å². The third-order valence-electron chi connectivity index (χ3n) is 3.22. The Labute approximate surface area is 114 Å². The lowest BCUT2D eigenvalue weighted by molar-refractivity contribution is 0.174. The third kappa shape index (κ3) is 2.99. The minimum Gasteiger partial charge on any atom is -0.454 e. The molecule has 0 spiro atoms. The fourth-order valence-electron chi connectivity index (χ4n) is 2.39. The van der Waals surface area contributed by atoms with Gasteiger partial charge in [-0.15, -0.1) is 0 Å². The van der Waals surface area contributed by atoms with Gasteiger partial charge in [0.05, 0.1) is 6.07 Å². The highest BCUT2D eigenvalue weighted by atomic mass is 16.7. The Kier molecular flexibility index (Phi) is 4.64. The number of ether oxygens (including phenoxy) is 2. The summed E-state index contributed by atoms with van der Waals surface area (Å²) in [5.74, 6) is 1.50. The van der Waals surface area contributed by atoms with Crippen LogP contribution >= 0.6 is 0 Å². The van der Waals surface area contributed by atoms with Crippen molar-refractivity contribution in [2.45, 2.75) is 32.7 Å². The Balaban J connectivity index is 2.23. The average molecular weight is 260 g/mol. The number of nitriles is 1. The van der Waals surface area contributed by atoms with Crippen LogP contribution < -0.4 is 9.47 Å². The zero-order chi connectivity index (χ0) is 13.7. The summed E-state index contributed by atoms with van der Waals surface area (Å²) in [7, 11) is 0. The highest BCUT2D eigenvalue weighted by molar-refractivity contribution is 5.46. The Morgan fingerprint density at radius 3 is 2.53 bits per heavy atom. The predicted octanol–water partition coefficient (Wildman–Crippen LogP) is 3.10. The van der Waals surface area contributed by atoms with Crippen molar-refractivity contribution in [1.29, 1.82) is 5.26 Å². The third-order valence-corrected chi connectivity index (χ3v) is 3.22. The van der Waals surface area contributed by atoms with Gasteiger partial charge in [0.15, 0.2) is 11.5 Å². The molecule has 0 fully saturated rings. The van der Waals surface area contributed by atoms with E-state index >= 15 is 0 Å². The summed E-state index contributed by atoms with van der Waals surface area (Å²) >= 11 is 0. The molecule has 1 aromatic carbocycles. The summed E-state index contributed by atoms with van der Waals surface area (Å²) in [4.78, 5) is 2.22. The van der Waals surface area contributed by atoms with E-state index in [0.29, 0.717) is 0 Å². The second kappa shape index (κ2) is 6.44. The van der Waals surface area contributed by atoms with Gasteiger partial charge in [-0.25, -0.2) is 0 Å². The van der Waals surface area contributed by atoms with Crippen LogP contribution in [-0.2, 0) is 0 Å². The molecule has 1 unspecified atom stereocenters. The van der Waals surface area contributed by atoms with E-state index in [4.69, 9.17) is 9.47 Å². The van der Waals surface area contributed by atoms with Crippen LogP contribution in [0.1, 0.15) is 38.3 Å². The molecule has 1 aromatic rings. The first-order valence-corrected chi connectivity index (χ1v) is 6.83. The van der Waals surface area contributed by atoms with Crippen LogP contribution in [0.3, 0.4) is 0 Å². The number of rotatable bonds is 6. The van der Waals surface area contributed by atoms with Crippen LogP contribution in [0.4, 0.5) is 0 Å². The van der Waals surface area contributed by atoms with Crippen LogP contribution in [-0.4, -0.2) is 24.8 Å². The normalized spacial score (nSPS) is 14.4. The van der Waals surface area contributed by atoms with Gasteiger partial charge < -0.3 is 9.47 Å². The highest BCUT2D eigenvalue weighted by Crippen LogP contribution is 2.35. The summed E-state index contributed by atoms with van der Waals surface area (Å²) in [6.45, 7) is 6.40. The Morgan fingerprint density at radius 2 is 1.89 bits per heavy atom. The van der Waals surface area contributed by atoms with Gasteiger partial charge in [0.2, 0.25) is 6.79 Å². The van der Waals surface area contributed by atoms with Gasteiger partial charge in [0.25, 0.3) is 0 Å². The molecule has 4 heteroatoms. The first-order chi connectivity index (χ1) is 9.30. The molecule has 4 nitrogen and oxygen atoms in total. The Hall–Kier alpha value is -1.73. The summed E-state index contributed by atoms with van der Waals surface area (Å²) in [6, 6.07) is 7.97. The molecule has 2 rings (SSSR count). The van der Waals surface area contributed by atoms with Crippen molar-refractivity contribution in [3.05, 3.63) is 23.8 Å². The molecule has 1 aliphatic rings. The lowest BCUT2D eigenvalue weighted by Crippen LogP contribution is -2.29. The van der Waals surface area contributed by atoms with Crippen molar-refractivity contribution < 1.29 is 9.47 Å². The van der Waals surface area contributed by atoms with Gasteiger partial charge in [0.1, 0.15) is 6.04 Å². The maximum atomic E-state index is 9.49. The summed E-state index contributed by atoms with van der Waals surface area (Å²) in [6.07, 6.45) is 2.09. The molecule has 1 heterocycles. The van der Waals surface area contributed by atoms with E-state index < -0.39 is 0 Å². The van der Waals surface area contributed by atoms with Crippen LogP contribution in [0.5, 0.6) is 11.5 Å². The monoisotopic (exact) mass is 260 g/mol. The number of nitrogens with zero attached hydrogens (tertiary/aromatic N) is 2. The Bertz CT molecular complexity index is 462. The lowest BCUT2D eigenvalue weighted by atomic mass is 10.1. The maximum Gasteiger partial charge on any atom is 0.231 e. The van der Waals surface area contributed by atoms with E-state index in [9.17, 15) is 5.26 Å². The Morgan fingerprint density at radius 1 is 1.21 bits per heavy atom. The van der Waals surface area contributed by atoms with E-state index in [1.807, 2.05) is 18.2 Å². The quantitative estimate of drug-likeness (QED) is 0.788. The van der Waals surface area contributed by atoms with E-state index in [-0.39, 0.29) is 12.8 Å². The first-order valence-electron chi connectivity index (χ1n) is 6.83. The van der Waals surface area contributed by atoms with Gasteiger partial charge in [-0.3, -0.25) is 4.90 Å². The van der Waals surface area contributed by atoms with Crippen LogP contribution in [0, 0.1) is 11.3 Å². The summed E-state index contributed by atoms with van der Waals surface area (Å²) in [5.41, 5.74) is 0.980. The lowest BCUT2D eigenvalue weighted by Gasteiger charge is -2.26. The fourth-order valence-corrected chi connectivity index (χ4v) is 2.39. The molecule has 102 valence electrons. The molecule has 0 saturated heterocycles. The van der Waals surface area contributed by atoms with Gasteiger partial charge in [-0.1, -0.05) is 19.9 Å². The van der Waals surface area contributed by atoms with E-state index in [0.717, 1.165) is 43.0 Å². The molecule has 0 amide bonds. The van der Waals surface area contributed by atoms with Gasteiger partial charge in [0, 0.05) is 0 Å². The number of fused-ring (bicyclic) bond motifs is 1. The molecule has 1 aliphatic heterocycles. The second-order valence-electron chi connectivity index (χ2n) is 4.68. The predicted molar refractivity (Wildman–Crippen MR) is 73.1 cm³/mol. The smallest absolute Gasteiger partial charge is 0.231 e. The summed E-state index contributed by atoms with van der Waals surface area (Å²) < 4.78 is 10.7. The largest absolute Gasteiger partial charge is 0.454 e. The molecule has 19 heavy (non-hydrogen) atoms. The van der Waals surface area contributed by atoms with Crippen molar-refractivity contribution in [1.82, 2.24) is 4.90 Å². The van der Waals surface area contributed by atoms with Crippen molar-refractivity contribution >= 4 is 0 Å². The summed E-state index contributed by atoms with van der Waals surface area (Å²) in [5, 5.41) is 9.49. The zero-order valence-corrected chi connectivity index (χ0v) is 11.6. The SMILES string of the molecule is CCCN(CCC)C(C#N)c1ccc2c(c1)OCO2. The molecule has 0 aliphatic carbocycles. The molecular formula is C15H20N2O2. The molecule has 0 aromatic heterocycles. The molecule has 0 N–H and O–H groups in total. The van der Waals surface area contributed by atoms with Crippen molar-refractivity contribution in [3.63, 3.8) is 0 Å². The minimum absolute atomic E-state index is 0.214. The second-order valence-corrected chi connectivity index (χ2v) is 4.68. The maximum absolute atomic E-state index is 9.49. The van der Waals surface area contributed by atoms with Crippen molar-refractivity contribution in [2.75, 3.05) is 19.9 Å². The molecule has 1 atom stereocenters. The number of hydrogen-bond acceptors (Lipinski definition) is 4. The van der Waals surface area contributed by atoms with E-state index in [2.05, 4.69) is 24.8 Å². The van der Waals surface area contributed by atoms with Crippen LogP contribution in [0.15, 0.2) is 18.2 Å². The van der Waals surface area contributed by atoms with E-state index in [1.165, 1.54) is 0 Å². The molecule has 0 radical (unpaired) electrons. The molecule has 0 bridgehead atoms. The number of hydrogen-bond donors (Lipinski definition) is 0.